The Morgan fingerprint density at radius 2 is 2.11 bits per heavy atom. The molecule has 0 saturated heterocycles. The third-order valence-corrected chi connectivity index (χ3v) is 5.89. The van der Waals surface area contributed by atoms with Crippen molar-refractivity contribution < 1.29 is 14.3 Å². The third-order valence-electron chi connectivity index (χ3n) is 5.89. The maximum Gasteiger partial charge on any atom is 0.243 e. The summed E-state index contributed by atoms with van der Waals surface area (Å²) in [5, 5.41) is 13.6. The summed E-state index contributed by atoms with van der Waals surface area (Å²) in [5.74, 6) is 0.216. The molecular formula is C21H25FN4O2. The molecular weight excluding hydrogens is 359 g/mol. The number of amides is 1. The van der Waals surface area contributed by atoms with Gasteiger partial charge in [0.25, 0.3) is 0 Å². The standard InChI is InChI=1S/C21H25FN4O2/c22-17-8-4-7-15-16(17)13-26(21(15)28)18(11-14-5-2-1-3-6-14)20(27)25-19-12-23-9-10-24-19/h4,7-10,12,14,18,21,28H,1-3,5-6,11,13H2,(H,24,25,27)/t18-,21?/m0/s1. The molecule has 2 heterocycles. The lowest BCUT2D eigenvalue weighted by atomic mass is 9.84. The van der Waals surface area contributed by atoms with Crippen molar-refractivity contribution in [1.29, 1.82) is 0 Å². The van der Waals surface area contributed by atoms with Crippen molar-refractivity contribution in [2.75, 3.05) is 5.32 Å². The van der Waals surface area contributed by atoms with E-state index < -0.39 is 12.3 Å². The maximum absolute atomic E-state index is 14.3. The third kappa shape index (κ3) is 3.91. The first-order valence-corrected chi connectivity index (χ1v) is 9.91. The molecule has 2 aromatic rings. The van der Waals surface area contributed by atoms with Gasteiger partial charge in [0, 0.05) is 30.1 Å². The van der Waals surface area contributed by atoms with E-state index in [4.69, 9.17) is 0 Å². The summed E-state index contributed by atoms with van der Waals surface area (Å²) >= 11 is 0. The predicted molar refractivity (Wildman–Crippen MR) is 103 cm³/mol. The number of nitrogens with one attached hydrogen (secondary N) is 1. The highest BCUT2D eigenvalue weighted by Crippen LogP contribution is 2.38. The van der Waals surface area contributed by atoms with E-state index >= 15 is 0 Å². The van der Waals surface area contributed by atoms with E-state index in [1.165, 1.54) is 37.7 Å². The van der Waals surface area contributed by atoms with Crippen LogP contribution in [-0.2, 0) is 11.3 Å². The van der Waals surface area contributed by atoms with Gasteiger partial charge >= 0.3 is 0 Å². The summed E-state index contributed by atoms with van der Waals surface area (Å²) in [4.78, 5) is 22.9. The minimum atomic E-state index is -0.994. The summed E-state index contributed by atoms with van der Waals surface area (Å²) in [7, 11) is 0. The number of aliphatic hydroxyl groups excluding tert-OH is 1. The molecule has 1 unspecified atom stereocenters. The van der Waals surface area contributed by atoms with Crippen LogP contribution in [0.25, 0.3) is 0 Å². The van der Waals surface area contributed by atoms with Crippen molar-refractivity contribution in [2.24, 2.45) is 5.92 Å². The number of carbonyl (C=O) groups excluding carboxylic acids is 1. The fourth-order valence-corrected chi connectivity index (χ4v) is 4.42. The second-order valence-electron chi connectivity index (χ2n) is 7.69. The van der Waals surface area contributed by atoms with E-state index in [0.29, 0.717) is 29.3 Å². The summed E-state index contributed by atoms with van der Waals surface area (Å²) in [5.41, 5.74) is 1.01. The Morgan fingerprint density at radius 1 is 1.29 bits per heavy atom. The number of fused-ring (bicyclic) bond motifs is 1. The van der Waals surface area contributed by atoms with Crippen LogP contribution in [0.1, 0.15) is 55.9 Å². The minimum absolute atomic E-state index is 0.217. The molecule has 0 radical (unpaired) electrons. The van der Waals surface area contributed by atoms with Gasteiger partial charge in [-0.2, -0.15) is 0 Å². The second-order valence-corrected chi connectivity index (χ2v) is 7.69. The van der Waals surface area contributed by atoms with Gasteiger partial charge in [0.05, 0.1) is 12.2 Å². The van der Waals surface area contributed by atoms with Gasteiger partial charge in [-0.25, -0.2) is 9.37 Å². The molecule has 1 aliphatic carbocycles. The Kier molecular flexibility index (Phi) is 5.64. The number of aliphatic hydroxyl groups is 1. The van der Waals surface area contributed by atoms with Crippen LogP contribution in [0.15, 0.2) is 36.8 Å². The van der Waals surface area contributed by atoms with E-state index in [1.807, 2.05) is 0 Å². The molecule has 7 heteroatoms. The first kappa shape index (κ1) is 19.0. The quantitative estimate of drug-likeness (QED) is 0.826. The van der Waals surface area contributed by atoms with Crippen LogP contribution in [0.4, 0.5) is 10.2 Å². The van der Waals surface area contributed by atoms with Crippen molar-refractivity contribution in [3.8, 4) is 0 Å². The molecule has 1 amide bonds. The smallest absolute Gasteiger partial charge is 0.243 e. The molecule has 0 spiro atoms. The molecule has 6 nitrogen and oxygen atoms in total. The molecule has 28 heavy (non-hydrogen) atoms. The molecule has 2 N–H and O–H groups in total. The SMILES string of the molecule is O=C(Nc1cnccn1)[C@H](CC1CCCCC1)N1Cc2c(F)cccc2C1O. The van der Waals surface area contributed by atoms with Crippen LogP contribution in [0, 0.1) is 11.7 Å². The summed E-state index contributed by atoms with van der Waals surface area (Å²) < 4.78 is 14.3. The molecule has 1 aromatic carbocycles. The molecule has 4 rings (SSSR count). The Hall–Kier alpha value is -2.38. The van der Waals surface area contributed by atoms with Gasteiger partial charge in [-0.3, -0.25) is 14.7 Å². The summed E-state index contributed by atoms with van der Waals surface area (Å²) in [6.45, 7) is 0.217. The first-order valence-electron chi connectivity index (χ1n) is 9.91. The van der Waals surface area contributed by atoms with E-state index in [9.17, 15) is 14.3 Å². The van der Waals surface area contributed by atoms with E-state index in [2.05, 4.69) is 15.3 Å². The fourth-order valence-electron chi connectivity index (χ4n) is 4.42. The second kappa shape index (κ2) is 8.32. The number of rotatable bonds is 5. The van der Waals surface area contributed by atoms with E-state index in [-0.39, 0.29) is 18.3 Å². The van der Waals surface area contributed by atoms with Gasteiger partial charge in [-0.15, -0.1) is 0 Å². The predicted octanol–water partition coefficient (Wildman–Crippen LogP) is 3.40. The molecule has 2 aliphatic rings. The highest BCUT2D eigenvalue weighted by molar-refractivity contribution is 5.94. The zero-order valence-electron chi connectivity index (χ0n) is 15.7. The minimum Gasteiger partial charge on any atom is -0.374 e. The Morgan fingerprint density at radius 3 is 2.82 bits per heavy atom. The topological polar surface area (TPSA) is 78.4 Å². The lowest BCUT2D eigenvalue weighted by Crippen LogP contribution is -2.44. The monoisotopic (exact) mass is 384 g/mol. The van der Waals surface area contributed by atoms with Crippen molar-refractivity contribution >= 4 is 11.7 Å². The molecule has 1 fully saturated rings. The maximum atomic E-state index is 14.3. The Labute approximate surface area is 163 Å². The van der Waals surface area contributed by atoms with E-state index in [0.717, 1.165) is 12.8 Å². The number of halogens is 1. The van der Waals surface area contributed by atoms with Crippen molar-refractivity contribution in [3.05, 3.63) is 53.7 Å². The number of anilines is 1. The van der Waals surface area contributed by atoms with Crippen molar-refractivity contribution in [1.82, 2.24) is 14.9 Å². The lowest BCUT2D eigenvalue weighted by Gasteiger charge is -2.33. The number of hydrogen-bond acceptors (Lipinski definition) is 5. The summed E-state index contributed by atoms with van der Waals surface area (Å²) in [6, 6.07) is 4.15. The number of aromatic nitrogens is 2. The van der Waals surface area contributed by atoms with Crippen LogP contribution in [0.2, 0.25) is 0 Å². The van der Waals surface area contributed by atoms with Crippen LogP contribution >= 0.6 is 0 Å². The Bertz CT molecular complexity index is 826. The number of benzene rings is 1. The van der Waals surface area contributed by atoms with Gasteiger partial charge in [-0.1, -0.05) is 44.2 Å². The van der Waals surface area contributed by atoms with E-state index in [1.54, 1.807) is 23.2 Å². The van der Waals surface area contributed by atoms with Crippen LogP contribution in [0.5, 0.6) is 0 Å². The summed E-state index contributed by atoms with van der Waals surface area (Å²) in [6.07, 6.45) is 9.92. The van der Waals surface area contributed by atoms with Gasteiger partial charge in [-0.05, 0) is 18.4 Å². The fraction of sp³-hybridized carbons (Fsp3) is 0.476. The molecule has 2 atom stereocenters. The number of carbonyl (C=O) groups is 1. The highest BCUT2D eigenvalue weighted by atomic mass is 19.1. The van der Waals surface area contributed by atoms with Crippen molar-refractivity contribution in [3.63, 3.8) is 0 Å². The Balaban J connectivity index is 1.57. The average Bonchev–Trinajstić information content (AvgIpc) is 3.05. The van der Waals surface area contributed by atoms with Gasteiger partial charge in [0.1, 0.15) is 12.0 Å². The highest BCUT2D eigenvalue weighted by Gasteiger charge is 2.39. The molecule has 1 aliphatic heterocycles. The van der Waals surface area contributed by atoms with Crippen LogP contribution in [-0.4, -0.2) is 31.9 Å². The van der Waals surface area contributed by atoms with Gasteiger partial charge < -0.3 is 10.4 Å². The lowest BCUT2D eigenvalue weighted by molar-refractivity contribution is -0.127. The average molecular weight is 384 g/mol. The van der Waals surface area contributed by atoms with Crippen LogP contribution < -0.4 is 5.32 Å². The number of hydrogen-bond donors (Lipinski definition) is 2. The molecule has 0 bridgehead atoms. The molecule has 148 valence electrons. The van der Waals surface area contributed by atoms with Crippen molar-refractivity contribution in [2.45, 2.75) is 57.3 Å². The molecule has 1 saturated carbocycles. The zero-order valence-corrected chi connectivity index (χ0v) is 15.7. The first-order chi connectivity index (χ1) is 13.6. The number of nitrogens with zero attached hydrogens (tertiary/aromatic N) is 3. The van der Waals surface area contributed by atoms with Gasteiger partial charge in [0.15, 0.2) is 5.82 Å². The molecule has 1 aromatic heterocycles. The van der Waals surface area contributed by atoms with Crippen LogP contribution in [0.3, 0.4) is 0 Å². The van der Waals surface area contributed by atoms with Gasteiger partial charge in [0.2, 0.25) is 5.91 Å². The largest absolute Gasteiger partial charge is 0.374 e. The normalized spacial score (nSPS) is 21.3. The zero-order chi connectivity index (χ0) is 19.5.